The molecule has 1 aromatic carbocycles. The fourth-order valence-electron chi connectivity index (χ4n) is 4.78. The topological polar surface area (TPSA) is 26.8 Å². The Bertz CT molecular complexity index is 594. The molecule has 3 aliphatic heterocycles. The highest BCUT2D eigenvalue weighted by Crippen LogP contribution is 2.32. The third-order valence-electron chi connectivity index (χ3n) is 6.40. The zero-order chi connectivity index (χ0) is 17.2. The number of rotatable bonds is 4. The van der Waals surface area contributed by atoms with Crippen LogP contribution in [0, 0.1) is 18.8 Å². The monoisotopic (exact) mass is 341 g/mol. The summed E-state index contributed by atoms with van der Waals surface area (Å²) in [6, 6.07) is 8.02. The van der Waals surface area contributed by atoms with Crippen molar-refractivity contribution in [3.63, 3.8) is 0 Å². The van der Waals surface area contributed by atoms with E-state index in [9.17, 15) is 4.79 Å². The minimum Gasteiger partial charge on any atom is -0.338 e. The molecule has 3 heterocycles. The van der Waals surface area contributed by atoms with Crippen LogP contribution in [0.2, 0.25) is 0 Å². The van der Waals surface area contributed by atoms with Crippen molar-refractivity contribution in [3.8, 4) is 0 Å². The van der Waals surface area contributed by atoms with Gasteiger partial charge in [-0.25, -0.2) is 0 Å². The molecule has 0 aliphatic carbocycles. The van der Waals surface area contributed by atoms with Crippen molar-refractivity contribution in [1.29, 1.82) is 0 Å². The van der Waals surface area contributed by atoms with Gasteiger partial charge in [-0.1, -0.05) is 17.7 Å². The van der Waals surface area contributed by atoms with Gasteiger partial charge in [0.15, 0.2) is 0 Å². The average molecular weight is 341 g/mol. The molecule has 1 amide bonds. The Morgan fingerprint density at radius 3 is 2.36 bits per heavy atom. The van der Waals surface area contributed by atoms with Gasteiger partial charge in [-0.3, -0.25) is 4.79 Å². The molecule has 2 atom stereocenters. The Balaban J connectivity index is 1.30. The molecule has 3 aliphatic rings. The smallest absolute Gasteiger partial charge is 0.253 e. The Labute approximate surface area is 151 Å². The van der Waals surface area contributed by atoms with Gasteiger partial charge >= 0.3 is 0 Å². The number of aryl methyl sites for hydroxylation is 1. The molecule has 0 N–H and O–H groups in total. The van der Waals surface area contributed by atoms with Crippen LogP contribution in [0.15, 0.2) is 24.3 Å². The molecule has 0 bridgehead atoms. The first-order valence-corrected chi connectivity index (χ1v) is 10.00. The molecule has 3 saturated heterocycles. The summed E-state index contributed by atoms with van der Waals surface area (Å²) in [5.74, 6) is 1.59. The van der Waals surface area contributed by atoms with E-state index in [-0.39, 0.29) is 5.91 Å². The number of carbonyl (C=O) groups excluding carboxylic acids is 1. The van der Waals surface area contributed by atoms with Crippen LogP contribution in [0.3, 0.4) is 0 Å². The van der Waals surface area contributed by atoms with E-state index in [1.54, 1.807) is 0 Å². The van der Waals surface area contributed by atoms with Gasteiger partial charge in [-0.05, 0) is 69.8 Å². The highest BCUT2D eigenvalue weighted by Gasteiger charge is 2.38. The number of benzene rings is 1. The lowest BCUT2D eigenvalue weighted by molar-refractivity contribution is 0.0783. The third kappa shape index (κ3) is 3.90. The van der Waals surface area contributed by atoms with Gasteiger partial charge < -0.3 is 14.7 Å². The minimum absolute atomic E-state index is 0.220. The molecule has 4 rings (SSSR count). The van der Waals surface area contributed by atoms with Crippen LogP contribution >= 0.6 is 0 Å². The molecule has 1 aromatic rings. The fourth-order valence-corrected chi connectivity index (χ4v) is 4.78. The number of fused-ring (bicyclic) bond motifs is 1. The van der Waals surface area contributed by atoms with Crippen molar-refractivity contribution in [2.24, 2.45) is 11.8 Å². The molecule has 4 nitrogen and oxygen atoms in total. The van der Waals surface area contributed by atoms with Crippen molar-refractivity contribution in [3.05, 3.63) is 35.4 Å². The first-order valence-electron chi connectivity index (χ1n) is 10.00. The number of hydrogen-bond donors (Lipinski definition) is 0. The number of hydrogen-bond acceptors (Lipinski definition) is 3. The van der Waals surface area contributed by atoms with E-state index in [0.717, 1.165) is 18.7 Å². The predicted octanol–water partition coefficient (Wildman–Crippen LogP) is 2.48. The average Bonchev–Trinajstić information content (AvgIpc) is 3.29. The summed E-state index contributed by atoms with van der Waals surface area (Å²) in [5, 5.41) is 0. The molecule has 3 fully saturated rings. The van der Waals surface area contributed by atoms with Gasteiger partial charge in [-0.2, -0.15) is 0 Å². The second-order valence-electron chi connectivity index (χ2n) is 8.23. The normalized spacial score (nSPS) is 27.6. The van der Waals surface area contributed by atoms with Gasteiger partial charge in [0.2, 0.25) is 0 Å². The predicted molar refractivity (Wildman–Crippen MR) is 101 cm³/mol. The van der Waals surface area contributed by atoms with Crippen LogP contribution in [0.1, 0.15) is 35.2 Å². The lowest BCUT2D eigenvalue weighted by Gasteiger charge is -2.35. The SMILES string of the molecule is Cc1ccc(C(=O)N2C[C@@H]3CCN(CCN4CCCC4)C[C@H]3C2)cc1. The van der Waals surface area contributed by atoms with Crippen molar-refractivity contribution in [1.82, 2.24) is 14.7 Å². The van der Waals surface area contributed by atoms with Crippen LogP contribution in [-0.4, -0.2) is 73.0 Å². The molecule has 136 valence electrons. The molecular formula is C21H31N3O. The van der Waals surface area contributed by atoms with Crippen LogP contribution in [0.5, 0.6) is 0 Å². The number of nitrogens with zero attached hydrogens (tertiary/aromatic N) is 3. The van der Waals surface area contributed by atoms with Crippen molar-refractivity contribution < 1.29 is 4.79 Å². The van der Waals surface area contributed by atoms with Gasteiger partial charge in [0.05, 0.1) is 0 Å². The summed E-state index contributed by atoms with van der Waals surface area (Å²) in [6.07, 6.45) is 4.00. The zero-order valence-corrected chi connectivity index (χ0v) is 15.5. The molecule has 0 saturated carbocycles. The van der Waals surface area contributed by atoms with Gasteiger partial charge in [0.25, 0.3) is 5.91 Å². The Morgan fingerprint density at radius 1 is 0.920 bits per heavy atom. The molecule has 4 heteroatoms. The van der Waals surface area contributed by atoms with Crippen molar-refractivity contribution >= 4 is 5.91 Å². The molecule has 0 radical (unpaired) electrons. The minimum atomic E-state index is 0.220. The van der Waals surface area contributed by atoms with E-state index in [1.807, 2.05) is 24.3 Å². The molecule has 25 heavy (non-hydrogen) atoms. The van der Waals surface area contributed by atoms with Gasteiger partial charge in [-0.15, -0.1) is 0 Å². The summed E-state index contributed by atoms with van der Waals surface area (Å²) in [6.45, 7) is 11.4. The van der Waals surface area contributed by atoms with E-state index in [1.165, 1.54) is 64.1 Å². The van der Waals surface area contributed by atoms with E-state index in [2.05, 4.69) is 21.6 Å². The second-order valence-corrected chi connectivity index (χ2v) is 8.23. The third-order valence-corrected chi connectivity index (χ3v) is 6.40. The zero-order valence-electron chi connectivity index (χ0n) is 15.5. The highest BCUT2D eigenvalue weighted by atomic mass is 16.2. The van der Waals surface area contributed by atoms with E-state index < -0.39 is 0 Å². The van der Waals surface area contributed by atoms with Crippen LogP contribution < -0.4 is 0 Å². The number of piperidine rings is 1. The van der Waals surface area contributed by atoms with Gasteiger partial charge in [0.1, 0.15) is 0 Å². The van der Waals surface area contributed by atoms with Crippen LogP contribution in [0.4, 0.5) is 0 Å². The van der Waals surface area contributed by atoms with Crippen molar-refractivity contribution in [2.75, 3.05) is 52.4 Å². The second kappa shape index (κ2) is 7.46. The summed E-state index contributed by atoms with van der Waals surface area (Å²) >= 11 is 0. The fraction of sp³-hybridized carbons (Fsp3) is 0.667. The maximum absolute atomic E-state index is 12.8. The first kappa shape index (κ1) is 17.0. The maximum atomic E-state index is 12.8. The van der Waals surface area contributed by atoms with Crippen LogP contribution in [0.25, 0.3) is 0 Å². The number of carbonyl (C=O) groups is 1. The Morgan fingerprint density at radius 2 is 1.60 bits per heavy atom. The van der Waals surface area contributed by atoms with E-state index in [4.69, 9.17) is 0 Å². The maximum Gasteiger partial charge on any atom is 0.253 e. The summed E-state index contributed by atoms with van der Waals surface area (Å²) < 4.78 is 0. The lowest BCUT2D eigenvalue weighted by Crippen LogP contribution is -2.43. The first-order chi connectivity index (χ1) is 12.2. The molecular weight excluding hydrogens is 310 g/mol. The quantitative estimate of drug-likeness (QED) is 0.842. The standard InChI is InChI=1S/C21H31N3O/c1-17-4-6-18(7-5-17)21(25)24-15-19-8-11-23(14-20(19)16-24)13-12-22-9-2-3-10-22/h4-7,19-20H,2-3,8-16H2,1H3/t19-,20-/m0/s1. The summed E-state index contributed by atoms with van der Waals surface area (Å²) in [4.78, 5) is 20.1. The molecule has 0 spiro atoms. The van der Waals surface area contributed by atoms with Crippen LogP contribution in [-0.2, 0) is 0 Å². The van der Waals surface area contributed by atoms with E-state index >= 15 is 0 Å². The summed E-state index contributed by atoms with van der Waals surface area (Å²) in [7, 11) is 0. The Kier molecular flexibility index (Phi) is 5.09. The molecule has 0 aromatic heterocycles. The number of likely N-dealkylation sites (tertiary alicyclic amines) is 3. The van der Waals surface area contributed by atoms with E-state index in [0.29, 0.717) is 11.8 Å². The Hall–Kier alpha value is -1.39. The highest BCUT2D eigenvalue weighted by molar-refractivity contribution is 5.94. The van der Waals surface area contributed by atoms with Gasteiger partial charge in [0, 0.05) is 38.3 Å². The van der Waals surface area contributed by atoms with Crippen molar-refractivity contribution in [2.45, 2.75) is 26.2 Å². The summed E-state index contributed by atoms with van der Waals surface area (Å²) in [5.41, 5.74) is 2.05. The largest absolute Gasteiger partial charge is 0.338 e. The molecule has 0 unspecified atom stereocenters. The lowest BCUT2D eigenvalue weighted by atomic mass is 9.89. The number of amides is 1.